The minimum Gasteiger partial charge on any atom is -0.457 e. The molecule has 0 atom stereocenters. The smallest absolute Gasteiger partial charge is 0.312 e. The Labute approximate surface area is 192 Å². The Morgan fingerprint density at radius 1 is 1.09 bits per heavy atom. The Hall–Kier alpha value is -2.58. The molecule has 164 valence electrons. The number of aryl methyl sites for hydroxylation is 2. The molecule has 0 saturated heterocycles. The fourth-order valence-corrected chi connectivity index (χ4v) is 7.58. The number of para-hydroxylation sites is 1. The van der Waals surface area contributed by atoms with Crippen LogP contribution in [0.3, 0.4) is 0 Å². The van der Waals surface area contributed by atoms with E-state index in [1.807, 2.05) is 18.2 Å². The van der Waals surface area contributed by atoms with Crippen LogP contribution in [0.5, 0.6) is 0 Å². The molecule has 0 aliphatic heterocycles. The lowest BCUT2D eigenvalue weighted by molar-refractivity contribution is -0.157. The summed E-state index contributed by atoms with van der Waals surface area (Å²) in [5.74, 6) is 0.217. The maximum absolute atomic E-state index is 13.3. The first-order valence-electron chi connectivity index (χ1n) is 11.2. The van der Waals surface area contributed by atoms with Crippen LogP contribution in [0.1, 0.15) is 53.4 Å². The summed E-state index contributed by atoms with van der Waals surface area (Å²) in [4.78, 5) is 40.2. The number of H-pyrrole nitrogens is 1. The van der Waals surface area contributed by atoms with E-state index in [9.17, 15) is 9.59 Å². The first-order chi connectivity index (χ1) is 15.6. The fourth-order valence-electron chi connectivity index (χ4n) is 5.19. The second kappa shape index (κ2) is 7.78. The molecule has 0 amide bonds. The zero-order chi connectivity index (χ0) is 21.7. The lowest BCUT2D eigenvalue weighted by atomic mass is 9.83. The van der Waals surface area contributed by atoms with Crippen molar-refractivity contribution in [3.63, 3.8) is 0 Å². The molecule has 1 N–H and O–H groups in total. The van der Waals surface area contributed by atoms with Crippen LogP contribution in [-0.4, -0.2) is 20.9 Å². The van der Waals surface area contributed by atoms with Crippen LogP contribution in [0.15, 0.2) is 29.1 Å². The second-order valence-corrected chi connectivity index (χ2v) is 11.1. The number of aromatic nitrogens is 3. The number of nitrogens with one attached hydrogen (secondary N) is 1. The van der Waals surface area contributed by atoms with Crippen LogP contribution >= 0.6 is 22.7 Å². The minimum atomic E-state index is -0.539. The minimum absolute atomic E-state index is 0.00578. The Morgan fingerprint density at radius 2 is 1.94 bits per heavy atom. The van der Waals surface area contributed by atoms with Crippen molar-refractivity contribution in [2.75, 3.05) is 0 Å². The first kappa shape index (κ1) is 20.1. The third-order valence-electron chi connectivity index (χ3n) is 6.79. The molecule has 2 aliphatic carbocycles. The van der Waals surface area contributed by atoms with Crippen molar-refractivity contribution in [1.82, 2.24) is 15.0 Å². The number of fused-ring (bicyclic) bond motifs is 4. The predicted octanol–water partition coefficient (Wildman–Crippen LogP) is 4.93. The Morgan fingerprint density at radius 3 is 2.78 bits per heavy atom. The Bertz CT molecular complexity index is 1360. The van der Waals surface area contributed by atoms with Gasteiger partial charge in [-0.2, -0.15) is 0 Å². The molecule has 6 rings (SSSR count). The topological polar surface area (TPSA) is 84.9 Å². The maximum atomic E-state index is 13.3. The Kier molecular flexibility index (Phi) is 4.87. The third-order valence-corrected chi connectivity index (χ3v) is 9.01. The number of rotatable bonds is 5. The van der Waals surface area contributed by atoms with Crippen molar-refractivity contribution < 1.29 is 9.53 Å². The van der Waals surface area contributed by atoms with Crippen LogP contribution in [0.4, 0.5) is 0 Å². The van der Waals surface area contributed by atoms with Gasteiger partial charge in [0.05, 0.1) is 26.0 Å². The van der Waals surface area contributed by atoms with E-state index >= 15 is 0 Å². The fraction of sp³-hybridized carbons (Fsp3) is 0.417. The summed E-state index contributed by atoms with van der Waals surface area (Å²) >= 11 is 3.25. The summed E-state index contributed by atoms with van der Waals surface area (Å²) in [7, 11) is 0. The van der Waals surface area contributed by atoms with Crippen LogP contribution in [0, 0.1) is 5.41 Å². The summed E-state index contributed by atoms with van der Waals surface area (Å²) in [6.07, 6.45) is 7.32. The highest BCUT2D eigenvalue weighted by atomic mass is 32.1. The van der Waals surface area contributed by atoms with Crippen molar-refractivity contribution in [2.45, 2.75) is 58.0 Å². The lowest BCUT2D eigenvalue weighted by Gasteiger charge is -2.25. The predicted molar refractivity (Wildman–Crippen MR) is 126 cm³/mol. The number of hydrogen-bond donors (Lipinski definition) is 1. The molecule has 2 aliphatic rings. The van der Waals surface area contributed by atoms with E-state index in [4.69, 9.17) is 9.72 Å². The van der Waals surface area contributed by atoms with Gasteiger partial charge in [-0.15, -0.1) is 22.7 Å². The number of benzene rings is 1. The van der Waals surface area contributed by atoms with Gasteiger partial charge < -0.3 is 9.72 Å². The largest absolute Gasteiger partial charge is 0.457 e. The molecule has 0 bridgehead atoms. The number of ether oxygens (including phenoxy) is 1. The molecular weight excluding hydrogens is 442 g/mol. The molecule has 0 radical (unpaired) electrons. The number of hydrogen-bond acceptors (Lipinski definition) is 7. The Balaban J connectivity index is 1.22. The van der Waals surface area contributed by atoms with E-state index in [-0.39, 0.29) is 18.1 Å². The molecular formula is C24H23N3O3S2. The average molecular weight is 466 g/mol. The molecule has 3 aromatic heterocycles. The second-order valence-electron chi connectivity index (χ2n) is 8.87. The number of aromatic amines is 1. The van der Waals surface area contributed by atoms with Crippen molar-refractivity contribution >= 4 is 49.1 Å². The lowest BCUT2D eigenvalue weighted by Crippen LogP contribution is -2.32. The number of nitrogens with zero attached hydrogens (tertiary/aromatic N) is 2. The van der Waals surface area contributed by atoms with Gasteiger partial charge >= 0.3 is 5.97 Å². The SMILES string of the molecule is O=C(OCc1nc2sc3c(c2c(=O)[nH]1)CCC3)C1(Cc2nc3ccccc3s2)CCCC1. The molecule has 6 nitrogen and oxygen atoms in total. The monoisotopic (exact) mass is 465 g/mol. The standard InChI is InChI=1S/C24H23N3O3S2/c28-21-20-14-6-5-9-16(14)32-22(20)27-18(26-21)13-30-23(29)24(10-3-4-11-24)12-19-25-15-7-1-2-8-17(15)31-19/h1-2,7-8H,3-6,9-13H2,(H,26,27,28). The number of carbonyl (C=O) groups is 1. The summed E-state index contributed by atoms with van der Waals surface area (Å²) in [6.45, 7) is -0.00578. The summed E-state index contributed by atoms with van der Waals surface area (Å²) in [6, 6.07) is 8.07. The molecule has 1 aromatic carbocycles. The van der Waals surface area contributed by atoms with Crippen LogP contribution < -0.4 is 5.56 Å². The molecule has 0 spiro atoms. The van der Waals surface area contributed by atoms with E-state index in [1.165, 1.54) is 4.88 Å². The average Bonchev–Trinajstić information content (AvgIpc) is 3.55. The molecule has 3 heterocycles. The molecule has 32 heavy (non-hydrogen) atoms. The molecule has 0 unspecified atom stereocenters. The van der Waals surface area contributed by atoms with Gasteiger partial charge in [-0.3, -0.25) is 9.59 Å². The van der Waals surface area contributed by atoms with Crippen LogP contribution in [0.2, 0.25) is 0 Å². The highest BCUT2D eigenvalue weighted by Gasteiger charge is 2.43. The van der Waals surface area contributed by atoms with E-state index in [2.05, 4.69) is 16.0 Å². The number of esters is 1. The summed E-state index contributed by atoms with van der Waals surface area (Å²) < 4.78 is 6.89. The van der Waals surface area contributed by atoms with Crippen LogP contribution in [0.25, 0.3) is 20.4 Å². The quantitative estimate of drug-likeness (QED) is 0.423. The van der Waals surface area contributed by atoms with E-state index in [1.54, 1.807) is 22.7 Å². The maximum Gasteiger partial charge on any atom is 0.312 e. The van der Waals surface area contributed by atoms with E-state index < -0.39 is 5.41 Å². The van der Waals surface area contributed by atoms with Gasteiger partial charge in [-0.1, -0.05) is 25.0 Å². The highest BCUT2D eigenvalue weighted by Crippen LogP contribution is 2.43. The number of thiophene rings is 1. The molecule has 1 fully saturated rings. The number of carbonyl (C=O) groups excluding carboxylic acids is 1. The van der Waals surface area contributed by atoms with E-state index in [0.717, 1.165) is 76.0 Å². The first-order valence-corrected chi connectivity index (χ1v) is 12.8. The van der Waals surface area contributed by atoms with Gasteiger partial charge in [0.15, 0.2) is 0 Å². The normalized spacial score (nSPS) is 17.2. The van der Waals surface area contributed by atoms with Crippen molar-refractivity contribution in [3.8, 4) is 0 Å². The van der Waals surface area contributed by atoms with Gasteiger partial charge in [0, 0.05) is 11.3 Å². The van der Waals surface area contributed by atoms with Crippen molar-refractivity contribution in [3.05, 3.63) is 55.9 Å². The van der Waals surface area contributed by atoms with Crippen molar-refractivity contribution in [1.29, 1.82) is 0 Å². The molecule has 1 saturated carbocycles. The van der Waals surface area contributed by atoms with Gasteiger partial charge in [0.1, 0.15) is 17.3 Å². The summed E-state index contributed by atoms with van der Waals surface area (Å²) in [5.41, 5.74) is 1.48. The van der Waals surface area contributed by atoms with Gasteiger partial charge in [-0.25, -0.2) is 9.97 Å². The highest BCUT2D eigenvalue weighted by molar-refractivity contribution is 7.19. The van der Waals surface area contributed by atoms with Gasteiger partial charge in [0.25, 0.3) is 5.56 Å². The summed E-state index contributed by atoms with van der Waals surface area (Å²) in [5, 5.41) is 1.70. The molecule has 4 aromatic rings. The van der Waals surface area contributed by atoms with Crippen molar-refractivity contribution in [2.24, 2.45) is 5.41 Å². The number of thiazole rings is 1. The third kappa shape index (κ3) is 3.36. The molecule has 8 heteroatoms. The van der Waals surface area contributed by atoms with Gasteiger partial charge in [0.2, 0.25) is 0 Å². The zero-order valence-electron chi connectivity index (χ0n) is 17.6. The van der Waals surface area contributed by atoms with Gasteiger partial charge in [-0.05, 0) is 49.8 Å². The zero-order valence-corrected chi connectivity index (χ0v) is 19.2. The van der Waals surface area contributed by atoms with E-state index in [0.29, 0.717) is 12.2 Å². The van der Waals surface area contributed by atoms with Crippen LogP contribution in [-0.2, 0) is 35.4 Å².